The van der Waals surface area contributed by atoms with E-state index in [0.717, 1.165) is 5.56 Å². The molecule has 0 spiro atoms. The average molecular weight is 203 g/mol. The smallest absolute Gasteiger partial charge is 0.141 e. The van der Waals surface area contributed by atoms with Crippen molar-refractivity contribution in [1.82, 2.24) is 0 Å². The second kappa shape index (κ2) is 4.07. The predicted molar refractivity (Wildman–Crippen MR) is 59.7 cm³/mol. The predicted octanol–water partition coefficient (Wildman–Crippen LogP) is 3.20. The third-order valence-electron chi connectivity index (χ3n) is 1.78. The molecule has 3 heteroatoms. The van der Waals surface area contributed by atoms with E-state index in [2.05, 4.69) is 4.99 Å². The van der Waals surface area contributed by atoms with Gasteiger partial charge < -0.3 is 5.11 Å². The van der Waals surface area contributed by atoms with E-state index in [4.69, 9.17) is 0 Å². The van der Waals surface area contributed by atoms with Crippen molar-refractivity contribution in [2.75, 3.05) is 0 Å². The lowest BCUT2D eigenvalue weighted by molar-refractivity contribution is 0.477. The molecule has 1 aromatic carbocycles. The van der Waals surface area contributed by atoms with E-state index in [1.807, 2.05) is 22.9 Å². The fourth-order valence-corrected chi connectivity index (χ4v) is 1.68. The number of para-hydroxylation sites is 2. The third-order valence-corrected chi connectivity index (χ3v) is 2.48. The summed E-state index contributed by atoms with van der Waals surface area (Å²) in [5.74, 6) is 0.207. The van der Waals surface area contributed by atoms with E-state index in [1.54, 1.807) is 35.8 Å². The molecule has 1 N–H and O–H groups in total. The molecule has 0 amide bonds. The Labute approximate surface area is 86.2 Å². The van der Waals surface area contributed by atoms with Crippen LogP contribution in [-0.4, -0.2) is 11.3 Å². The van der Waals surface area contributed by atoms with Crippen LogP contribution in [0.5, 0.6) is 5.75 Å². The summed E-state index contributed by atoms with van der Waals surface area (Å²) in [6.45, 7) is 0. The summed E-state index contributed by atoms with van der Waals surface area (Å²) in [6.07, 6.45) is 1.74. The minimum Gasteiger partial charge on any atom is -0.506 e. The number of hydrogen-bond acceptors (Lipinski definition) is 3. The zero-order chi connectivity index (χ0) is 9.80. The minimum absolute atomic E-state index is 0.207. The molecular weight excluding hydrogens is 194 g/mol. The molecule has 14 heavy (non-hydrogen) atoms. The van der Waals surface area contributed by atoms with Gasteiger partial charge in [0.25, 0.3) is 0 Å². The van der Waals surface area contributed by atoms with Crippen LogP contribution in [0.1, 0.15) is 5.56 Å². The topological polar surface area (TPSA) is 32.6 Å². The highest BCUT2D eigenvalue weighted by Gasteiger charge is 1.94. The van der Waals surface area contributed by atoms with Gasteiger partial charge in [-0.1, -0.05) is 12.1 Å². The Morgan fingerprint density at radius 3 is 2.79 bits per heavy atom. The van der Waals surface area contributed by atoms with Gasteiger partial charge in [0, 0.05) is 11.8 Å². The Hall–Kier alpha value is -1.61. The molecule has 0 fully saturated rings. The van der Waals surface area contributed by atoms with Gasteiger partial charge in [-0.25, -0.2) is 0 Å². The molecule has 2 nitrogen and oxygen atoms in total. The van der Waals surface area contributed by atoms with Crippen LogP contribution in [0.15, 0.2) is 46.1 Å². The van der Waals surface area contributed by atoms with E-state index in [0.29, 0.717) is 5.69 Å². The van der Waals surface area contributed by atoms with Gasteiger partial charge in [-0.3, -0.25) is 4.99 Å². The number of aromatic hydroxyl groups is 1. The maximum absolute atomic E-state index is 9.43. The minimum atomic E-state index is 0.207. The van der Waals surface area contributed by atoms with Gasteiger partial charge in [-0.2, -0.15) is 11.3 Å². The molecule has 0 unspecified atom stereocenters. The number of hydrogen-bond donors (Lipinski definition) is 1. The van der Waals surface area contributed by atoms with Crippen LogP contribution in [0, 0.1) is 0 Å². The molecule has 0 saturated carbocycles. The first-order valence-electron chi connectivity index (χ1n) is 4.20. The van der Waals surface area contributed by atoms with Crippen LogP contribution < -0.4 is 0 Å². The highest BCUT2D eigenvalue weighted by atomic mass is 32.1. The van der Waals surface area contributed by atoms with Crippen molar-refractivity contribution >= 4 is 23.2 Å². The van der Waals surface area contributed by atoms with Crippen molar-refractivity contribution in [3.05, 3.63) is 46.7 Å². The van der Waals surface area contributed by atoms with Crippen LogP contribution in [-0.2, 0) is 0 Å². The van der Waals surface area contributed by atoms with E-state index >= 15 is 0 Å². The number of benzene rings is 1. The van der Waals surface area contributed by atoms with Crippen molar-refractivity contribution in [2.24, 2.45) is 4.99 Å². The van der Waals surface area contributed by atoms with Gasteiger partial charge in [-0.15, -0.1) is 0 Å². The second-order valence-corrected chi connectivity index (χ2v) is 3.58. The lowest BCUT2D eigenvalue weighted by atomic mass is 10.3. The van der Waals surface area contributed by atoms with E-state index in [9.17, 15) is 5.11 Å². The Bertz CT molecular complexity index is 434. The number of rotatable bonds is 2. The molecule has 0 aliphatic carbocycles. The molecule has 2 rings (SSSR count). The molecule has 0 bridgehead atoms. The number of thiophene rings is 1. The number of phenols is 1. The maximum Gasteiger partial charge on any atom is 0.141 e. The number of aliphatic imine (C=N–C) groups is 1. The van der Waals surface area contributed by atoms with Crippen molar-refractivity contribution in [2.45, 2.75) is 0 Å². The first-order chi connectivity index (χ1) is 6.86. The molecule has 1 aromatic heterocycles. The zero-order valence-corrected chi connectivity index (χ0v) is 8.24. The average Bonchev–Trinajstić information content (AvgIpc) is 2.69. The Kier molecular flexibility index (Phi) is 2.60. The fraction of sp³-hybridized carbons (Fsp3) is 0. The Morgan fingerprint density at radius 1 is 1.21 bits per heavy atom. The molecule has 0 radical (unpaired) electrons. The largest absolute Gasteiger partial charge is 0.506 e. The molecule has 0 saturated heterocycles. The van der Waals surface area contributed by atoms with Gasteiger partial charge in [0.05, 0.1) is 0 Å². The summed E-state index contributed by atoms with van der Waals surface area (Å²) in [5.41, 5.74) is 1.65. The van der Waals surface area contributed by atoms with E-state index in [-0.39, 0.29) is 5.75 Å². The molecule has 70 valence electrons. The van der Waals surface area contributed by atoms with Crippen molar-refractivity contribution in [3.8, 4) is 5.75 Å². The van der Waals surface area contributed by atoms with E-state index < -0.39 is 0 Å². The van der Waals surface area contributed by atoms with Crippen LogP contribution in [0.25, 0.3) is 0 Å². The summed E-state index contributed by atoms with van der Waals surface area (Å²) < 4.78 is 0. The molecule has 0 atom stereocenters. The fourth-order valence-electron chi connectivity index (χ4n) is 1.07. The molecule has 0 aliphatic heterocycles. The summed E-state index contributed by atoms with van der Waals surface area (Å²) in [5, 5.41) is 13.4. The monoisotopic (exact) mass is 203 g/mol. The third kappa shape index (κ3) is 2.00. The normalized spacial score (nSPS) is 10.9. The van der Waals surface area contributed by atoms with Crippen LogP contribution >= 0.6 is 11.3 Å². The van der Waals surface area contributed by atoms with Crippen molar-refractivity contribution < 1.29 is 5.11 Å². The van der Waals surface area contributed by atoms with Crippen molar-refractivity contribution in [3.63, 3.8) is 0 Å². The van der Waals surface area contributed by atoms with Gasteiger partial charge in [0.2, 0.25) is 0 Å². The van der Waals surface area contributed by atoms with Gasteiger partial charge in [0.15, 0.2) is 0 Å². The van der Waals surface area contributed by atoms with Crippen LogP contribution in [0.2, 0.25) is 0 Å². The molecule has 1 heterocycles. The maximum atomic E-state index is 9.43. The number of phenolic OH excluding ortho intramolecular Hbond substituents is 1. The molecular formula is C11H9NOS. The summed E-state index contributed by atoms with van der Waals surface area (Å²) in [7, 11) is 0. The van der Waals surface area contributed by atoms with E-state index in [1.165, 1.54) is 0 Å². The summed E-state index contributed by atoms with van der Waals surface area (Å²) >= 11 is 1.63. The first kappa shape index (κ1) is 8.97. The standard InChI is InChI=1S/C11H9NOS/c13-11-4-2-1-3-10(11)12-7-9-5-6-14-8-9/h1-8,13H. The Morgan fingerprint density at radius 2 is 2.07 bits per heavy atom. The zero-order valence-electron chi connectivity index (χ0n) is 7.42. The van der Waals surface area contributed by atoms with Gasteiger partial charge in [-0.05, 0) is 29.0 Å². The summed E-state index contributed by atoms with van der Waals surface area (Å²) in [4.78, 5) is 4.18. The second-order valence-electron chi connectivity index (χ2n) is 2.80. The van der Waals surface area contributed by atoms with Gasteiger partial charge >= 0.3 is 0 Å². The SMILES string of the molecule is Oc1ccccc1N=Cc1ccsc1. The highest BCUT2D eigenvalue weighted by molar-refractivity contribution is 7.08. The van der Waals surface area contributed by atoms with Gasteiger partial charge in [0.1, 0.15) is 11.4 Å². The molecule has 2 aromatic rings. The lowest BCUT2D eigenvalue weighted by Crippen LogP contribution is -1.73. The van der Waals surface area contributed by atoms with Crippen LogP contribution in [0.4, 0.5) is 5.69 Å². The quantitative estimate of drug-likeness (QED) is 0.747. The number of nitrogens with zero attached hydrogens (tertiary/aromatic N) is 1. The van der Waals surface area contributed by atoms with Crippen LogP contribution in [0.3, 0.4) is 0 Å². The summed E-state index contributed by atoms with van der Waals surface area (Å²) in [6, 6.07) is 9.01. The van der Waals surface area contributed by atoms with Crippen molar-refractivity contribution in [1.29, 1.82) is 0 Å². The highest BCUT2D eigenvalue weighted by Crippen LogP contribution is 2.24. The first-order valence-corrected chi connectivity index (χ1v) is 5.15. The lowest BCUT2D eigenvalue weighted by Gasteiger charge is -1.95. The molecule has 0 aliphatic rings. The Balaban J connectivity index is 2.23.